The van der Waals surface area contributed by atoms with Crippen LogP contribution in [0.5, 0.6) is 0 Å². The Bertz CT molecular complexity index is 1840. The maximum atomic E-state index is 13.0. The number of aliphatic hydroxyl groups excluding tert-OH is 1. The lowest BCUT2D eigenvalue weighted by molar-refractivity contribution is -0.161. The molecule has 0 saturated heterocycles. The van der Waals surface area contributed by atoms with Crippen molar-refractivity contribution in [3.05, 3.63) is 0 Å². The highest BCUT2D eigenvalue weighted by Crippen LogP contribution is 2.45. The van der Waals surface area contributed by atoms with E-state index in [9.17, 15) is 43.2 Å². The SMILES string of the molecule is CCC(C)CCCCCCCCC(=O)OC[C@H](COP(=O)(O)OCC(O)COP(=O)(O)OC[C@@H](COC(=O)CCCCCCCCCCC(C)C)OC(=O)CCCCCCCCCCC(C)C)OC(=O)CCCCCCCCCCCCCCCCCCCCC(C)C. The summed E-state index contributed by atoms with van der Waals surface area (Å²) >= 11 is 0. The molecule has 0 fully saturated rings. The monoisotopic (exact) mass is 1370 g/mol. The zero-order valence-corrected chi connectivity index (χ0v) is 62.7. The Balaban J connectivity index is 5.18. The lowest BCUT2D eigenvalue weighted by Gasteiger charge is -2.21. The Kier molecular flexibility index (Phi) is 62.2. The summed E-state index contributed by atoms with van der Waals surface area (Å²) in [5, 5.41) is 10.6. The van der Waals surface area contributed by atoms with Crippen molar-refractivity contribution in [3.8, 4) is 0 Å². The van der Waals surface area contributed by atoms with Gasteiger partial charge in [0.15, 0.2) is 12.2 Å². The molecule has 0 bridgehead atoms. The summed E-state index contributed by atoms with van der Waals surface area (Å²) in [6, 6.07) is 0. The standard InChI is InChI=1S/C74H144O17P2/c1-9-67(8)53-45-37-32-33-39-47-55-72(77)85-61-70(90-73(78)56-48-40-30-21-19-17-15-13-11-10-12-14-16-18-20-26-34-42-50-64(2)3)63-89-93(82,83)87-59-68(75)58-86-92(80,81)88-62-69(91-74(79)57-49-41-31-25-23-28-36-44-52-66(6)7)60-84-71(76)54-46-38-29-24-22-27-35-43-51-65(4)5/h64-70,75H,9-63H2,1-8H3,(H,80,81)(H,82,83)/t67?,68?,69-,70-/m1/s1. The molecule has 6 atom stereocenters. The summed E-state index contributed by atoms with van der Waals surface area (Å²) in [7, 11) is -9.91. The molecule has 0 radical (unpaired) electrons. The molecule has 17 nitrogen and oxygen atoms in total. The molecule has 552 valence electrons. The van der Waals surface area contributed by atoms with Crippen LogP contribution in [0.25, 0.3) is 0 Å². The largest absolute Gasteiger partial charge is 0.472 e. The van der Waals surface area contributed by atoms with Crippen molar-refractivity contribution in [3.63, 3.8) is 0 Å². The summed E-state index contributed by atoms with van der Waals surface area (Å²) in [6.45, 7) is 14.1. The summed E-state index contributed by atoms with van der Waals surface area (Å²) in [4.78, 5) is 72.6. The van der Waals surface area contributed by atoms with Gasteiger partial charge < -0.3 is 33.8 Å². The smallest absolute Gasteiger partial charge is 0.462 e. The van der Waals surface area contributed by atoms with Crippen LogP contribution in [0.3, 0.4) is 0 Å². The van der Waals surface area contributed by atoms with Crippen molar-refractivity contribution in [2.75, 3.05) is 39.6 Å². The first-order valence-corrected chi connectivity index (χ1v) is 41.2. The average molecular weight is 1370 g/mol. The van der Waals surface area contributed by atoms with E-state index in [4.69, 9.17) is 37.0 Å². The third-order valence-electron chi connectivity index (χ3n) is 17.4. The molecule has 0 rings (SSSR count). The molecule has 0 aromatic heterocycles. The van der Waals surface area contributed by atoms with Gasteiger partial charge in [-0.05, 0) is 49.4 Å². The van der Waals surface area contributed by atoms with E-state index < -0.39 is 97.5 Å². The van der Waals surface area contributed by atoms with E-state index in [2.05, 4.69) is 55.4 Å². The van der Waals surface area contributed by atoms with Gasteiger partial charge in [-0.25, -0.2) is 9.13 Å². The van der Waals surface area contributed by atoms with Gasteiger partial charge in [0.05, 0.1) is 26.4 Å². The zero-order valence-electron chi connectivity index (χ0n) is 60.9. The van der Waals surface area contributed by atoms with Crippen LogP contribution in [-0.4, -0.2) is 96.7 Å². The molecule has 0 amide bonds. The molecule has 93 heavy (non-hydrogen) atoms. The Morgan fingerprint density at radius 2 is 0.516 bits per heavy atom. The zero-order chi connectivity index (χ0) is 68.9. The average Bonchev–Trinajstić information content (AvgIpc) is 1.70. The van der Waals surface area contributed by atoms with E-state index >= 15 is 0 Å². The third kappa shape index (κ3) is 67.0. The first-order valence-electron chi connectivity index (χ1n) is 38.2. The molecule has 0 aliphatic rings. The minimum absolute atomic E-state index is 0.103. The fraction of sp³-hybridized carbons (Fsp3) is 0.946. The van der Waals surface area contributed by atoms with Crippen molar-refractivity contribution < 1.29 is 80.2 Å². The summed E-state index contributed by atoms with van der Waals surface area (Å²) in [5.41, 5.74) is 0. The fourth-order valence-corrected chi connectivity index (χ4v) is 12.7. The highest BCUT2D eigenvalue weighted by molar-refractivity contribution is 7.47. The molecule has 0 aliphatic heterocycles. The molecule has 19 heteroatoms. The second kappa shape index (κ2) is 63.5. The molecule has 3 N–H and O–H groups in total. The first kappa shape index (κ1) is 91.1. The number of carbonyl (C=O) groups is 4. The van der Waals surface area contributed by atoms with E-state index in [-0.39, 0.29) is 25.7 Å². The minimum Gasteiger partial charge on any atom is -0.462 e. The summed E-state index contributed by atoms with van der Waals surface area (Å²) < 4.78 is 68.4. The Labute approximate surface area is 568 Å². The molecule has 0 aromatic rings. The van der Waals surface area contributed by atoms with Crippen molar-refractivity contribution in [1.82, 2.24) is 0 Å². The second-order valence-corrected chi connectivity index (χ2v) is 31.3. The molecule has 0 saturated carbocycles. The molecule has 4 unspecified atom stereocenters. The van der Waals surface area contributed by atoms with Gasteiger partial charge in [-0.3, -0.25) is 37.3 Å². The topological polar surface area (TPSA) is 237 Å². The summed E-state index contributed by atoms with van der Waals surface area (Å²) in [6.07, 6.45) is 47.5. The van der Waals surface area contributed by atoms with Crippen LogP contribution in [0.15, 0.2) is 0 Å². The van der Waals surface area contributed by atoms with Gasteiger partial charge in [0.25, 0.3) is 0 Å². The number of rotatable bonds is 71. The van der Waals surface area contributed by atoms with Gasteiger partial charge in [0.1, 0.15) is 19.3 Å². The van der Waals surface area contributed by atoms with Gasteiger partial charge in [0, 0.05) is 25.7 Å². The number of esters is 4. The van der Waals surface area contributed by atoms with Gasteiger partial charge in [-0.15, -0.1) is 0 Å². The first-order chi connectivity index (χ1) is 44.6. The lowest BCUT2D eigenvalue weighted by atomic mass is 10.00. The van der Waals surface area contributed by atoms with Gasteiger partial charge >= 0.3 is 39.5 Å². The number of hydrogen-bond donors (Lipinski definition) is 3. The van der Waals surface area contributed by atoms with Gasteiger partial charge in [0.2, 0.25) is 0 Å². The fourth-order valence-electron chi connectivity index (χ4n) is 11.2. The predicted octanol–water partition coefficient (Wildman–Crippen LogP) is 21.3. The molecular formula is C74H144O17P2. The normalized spacial score (nSPS) is 14.5. The Morgan fingerprint density at radius 1 is 0.301 bits per heavy atom. The predicted molar refractivity (Wildman–Crippen MR) is 377 cm³/mol. The molecule has 0 heterocycles. The number of hydrogen-bond acceptors (Lipinski definition) is 15. The maximum absolute atomic E-state index is 13.0. The number of ether oxygens (including phenoxy) is 4. The number of unbranched alkanes of at least 4 members (excludes halogenated alkanes) is 36. The highest BCUT2D eigenvalue weighted by atomic mass is 31.2. The van der Waals surface area contributed by atoms with Crippen LogP contribution in [-0.2, 0) is 65.4 Å². The Morgan fingerprint density at radius 3 is 0.763 bits per heavy atom. The van der Waals surface area contributed by atoms with Crippen LogP contribution < -0.4 is 0 Å². The number of carbonyl (C=O) groups excluding carboxylic acids is 4. The molecule has 0 aliphatic carbocycles. The number of aliphatic hydroxyl groups is 1. The summed E-state index contributed by atoms with van der Waals surface area (Å²) in [5.74, 6) is 0.868. The van der Waals surface area contributed by atoms with Crippen molar-refractivity contribution in [2.24, 2.45) is 23.7 Å². The third-order valence-corrected chi connectivity index (χ3v) is 19.3. The number of phosphoric ester groups is 2. The van der Waals surface area contributed by atoms with Crippen molar-refractivity contribution in [2.45, 2.75) is 388 Å². The van der Waals surface area contributed by atoms with Crippen molar-refractivity contribution in [1.29, 1.82) is 0 Å². The Hall–Kier alpha value is -1.94. The quantitative estimate of drug-likeness (QED) is 0.0222. The van der Waals surface area contributed by atoms with Crippen molar-refractivity contribution >= 4 is 39.5 Å². The van der Waals surface area contributed by atoms with Crippen LogP contribution in [0.4, 0.5) is 0 Å². The molecular weight excluding hydrogens is 1220 g/mol. The van der Waals surface area contributed by atoms with E-state index in [1.54, 1.807) is 0 Å². The van der Waals surface area contributed by atoms with Gasteiger partial charge in [-0.1, -0.05) is 319 Å². The lowest BCUT2D eigenvalue weighted by Crippen LogP contribution is -2.30. The van der Waals surface area contributed by atoms with E-state index in [0.29, 0.717) is 25.7 Å². The van der Waals surface area contributed by atoms with E-state index in [1.807, 2.05) is 0 Å². The van der Waals surface area contributed by atoms with Crippen LogP contribution in [0.1, 0.15) is 370 Å². The molecule has 0 aromatic carbocycles. The van der Waals surface area contributed by atoms with Crippen LogP contribution in [0.2, 0.25) is 0 Å². The second-order valence-electron chi connectivity index (χ2n) is 28.4. The van der Waals surface area contributed by atoms with Crippen LogP contribution in [0, 0.1) is 23.7 Å². The van der Waals surface area contributed by atoms with E-state index in [1.165, 1.54) is 167 Å². The van der Waals surface area contributed by atoms with Gasteiger partial charge in [-0.2, -0.15) is 0 Å². The maximum Gasteiger partial charge on any atom is 0.472 e. The number of phosphoric acid groups is 2. The molecule has 0 spiro atoms. The minimum atomic E-state index is -4.96. The van der Waals surface area contributed by atoms with E-state index in [0.717, 1.165) is 120 Å². The van der Waals surface area contributed by atoms with Crippen LogP contribution >= 0.6 is 15.6 Å². The highest BCUT2D eigenvalue weighted by Gasteiger charge is 2.30.